The van der Waals surface area contributed by atoms with Crippen LogP contribution >= 0.6 is 0 Å². The Labute approximate surface area is 116 Å². The van der Waals surface area contributed by atoms with Gasteiger partial charge in [-0.1, -0.05) is 67.2 Å². The molecule has 110 valence electrons. The van der Waals surface area contributed by atoms with Gasteiger partial charge in [0.15, 0.2) is 0 Å². The number of unbranched alkanes of at least 4 members (excludes halogenated alkanes) is 1. The molecule has 0 aromatic carbocycles. The lowest BCUT2D eigenvalue weighted by atomic mass is 9.67. The lowest BCUT2D eigenvalue weighted by Crippen LogP contribution is -2.41. The Morgan fingerprint density at radius 3 is 2.00 bits per heavy atom. The van der Waals surface area contributed by atoms with Crippen molar-refractivity contribution < 1.29 is 0 Å². The van der Waals surface area contributed by atoms with Gasteiger partial charge >= 0.3 is 0 Å². The number of nitrogens with one attached hydrogen (secondary N) is 1. The van der Waals surface area contributed by atoms with Crippen molar-refractivity contribution in [3.05, 3.63) is 0 Å². The molecule has 0 aliphatic rings. The zero-order chi connectivity index (χ0) is 14.0. The van der Waals surface area contributed by atoms with Crippen LogP contribution in [0.3, 0.4) is 0 Å². The summed E-state index contributed by atoms with van der Waals surface area (Å²) in [6.45, 7) is 16.4. The van der Waals surface area contributed by atoms with Gasteiger partial charge in [-0.25, -0.2) is 0 Å². The third-order valence-electron chi connectivity index (χ3n) is 4.61. The topological polar surface area (TPSA) is 12.0 Å². The summed E-state index contributed by atoms with van der Waals surface area (Å²) in [5, 5.41) is 3.73. The Bertz CT molecular complexity index is 184. The molecule has 0 amide bonds. The van der Waals surface area contributed by atoms with Crippen molar-refractivity contribution in [2.24, 2.45) is 17.3 Å². The normalized spacial score (nSPS) is 15.3. The van der Waals surface area contributed by atoms with E-state index in [1.807, 2.05) is 0 Å². The fourth-order valence-electron chi connectivity index (χ4n) is 3.32. The maximum Gasteiger partial charge on any atom is 0.00105 e. The van der Waals surface area contributed by atoms with Crippen LogP contribution in [0.1, 0.15) is 80.1 Å². The highest BCUT2D eigenvalue weighted by Gasteiger charge is 2.34. The lowest BCUT2D eigenvalue weighted by molar-refractivity contribution is 0.117. The van der Waals surface area contributed by atoms with Gasteiger partial charge in [-0.15, -0.1) is 0 Å². The Morgan fingerprint density at radius 1 is 1.00 bits per heavy atom. The highest BCUT2D eigenvalue weighted by atomic mass is 14.9. The summed E-state index contributed by atoms with van der Waals surface area (Å²) in [5.41, 5.74) is 0.536. The summed E-state index contributed by atoms with van der Waals surface area (Å²) in [6, 6.07) is 0. The maximum absolute atomic E-state index is 3.73. The van der Waals surface area contributed by atoms with Gasteiger partial charge in [0.05, 0.1) is 0 Å². The first-order valence-electron chi connectivity index (χ1n) is 8.26. The molecule has 0 heterocycles. The van der Waals surface area contributed by atoms with E-state index in [0.29, 0.717) is 5.41 Å². The molecule has 0 aromatic rings. The van der Waals surface area contributed by atoms with E-state index in [9.17, 15) is 0 Å². The van der Waals surface area contributed by atoms with Crippen LogP contribution in [-0.4, -0.2) is 13.1 Å². The predicted octanol–water partition coefficient (Wildman–Crippen LogP) is 5.25. The van der Waals surface area contributed by atoms with Crippen LogP contribution < -0.4 is 5.32 Å². The molecule has 0 aliphatic carbocycles. The van der Waals surface area contributed by atoms with Crippen LogP contribution in [0, 0.1) is 17.3 Å². The summed E-state index contributed by atoms with van der Waals surface area (Å²) in [4.78, 5) is 0. The van der Waals surface area contributed by atoms with E-state index in [1.54, 1.807) is 0 Å². The molecule has 0 aliphatic heterocycles. The minimum absolute atomic E-state index is 0.536. The van der Waals surface area contributed by atoms with E-state index in [-0.39, 0.29) is 0 Å². The molecule has 18 heavy (non-hydrogen) atoms. The van der Waals surface area contributed by atoms with Gasteiger partial charge in [-0.3, -0.25) is 0 Å². The van der Waals surface area contributed by atoms with Gasteiger partial charge in [-0.05, 0) is 36.6 Å². The van der Waals surface area contributed by atoms with Gasteiger partial charge in [0.2, 0.25) is 0 Å². The highest BCUT2D eigenvalue weighted by Crippen LogP contribution is 2.40. The van der Waals surface area contributed by atoms with Crippen LogP contribution in [0.15, 0.2) is 0 Å². The van der Waals surface area contributed by atoms with Crippen LogP contribution in [0.5, 0.6) is 0 Å². The molecule has 0 radical (unpaired) electrons. The molecular weight excluding hydrogens is 218 g/mol. The van der Waals surface area contributed by atoms with Gasteiger partial charge in [0.1, 0.15) is 0 Å². The second-order valence-corrected chi connectivity index (χ2v) is 6.36. The molecule has 0 aromatic heterocycles. The molecule has 1 atom stereocenters. The molecule has 1 heteroatoms. The summed E-state index contributed by atoms with van der Waals surface area (Å²) in [5.74, 6) is 1.64. The first kappa shape index (κ1) is 18.0. The molecule has 0 spiro atoms. The lowest BCUT2D eigenvalue weighted by Gasteiger charge is -2.40. The molecule has 0 bridgehead atoms. The van der Waals surface area contributed by atoms with E-state index in [4.69, 9.17) is 0 Å². The van der Waals surface area contributed by atoms with Gasteiger partial charge in [-0.2, -0.15) is 0 Å². The fourth-order valence-corrected chi connectivity index (χ4v) is 3.32. The van der Waals surface area contributed by atoms with E-state index in [1.165, 1.54) is 45.1 Å². The first-order chi connectivity index (χ1) is 8.56. The maximum atomic E-state index is 3.73. The van der Waals surface area contributed by atoms with E-state index in [0.717, 1.165) is 18.4 Å². The van der Waals surface area contributed by atoms with Crippen molar-refractivity contribution >= 4 is 0 Å². The Morgan fingerprint density at radius 2 is 1.61 bits per heavy atom. The Hall–Kier alpha value is -0.0400. The van der Waals surface area contributed by atoms with Crippen LogP contribution in [-0.2, 0) is 0 Å². The molecular formula is C17H37N. The monoisotopic (exact) mass is 255 g/mol. The van der Waals surface area contributed by atoms with E-state index < -0.39 is 0 Å². The second-order valence-electron chi connectivity index (χ2n) is 6.36. The molecule has 0 saturated carbocycles. The molecule has 0 fully saturated rings. The summed E-state index contributed by atoms with van der Waals surface area (Å²) in [6.07, 6.45) is 8.09. The largest absolute Gasteiger partial charge is 0.316 e. The second kappa shape index (κ2) is 9.83. The number of rotatable bonds is 11. The Kier molecular flexibility index (Phi) is 9.81. The molecule has 0 rings (SSSR count). The standard InChI is InChI=1S/C17H37N/c1-7-11-12-17(10-4,16(8-2)9-3)14-18-13-15(5)6/h15-16,18H,7-14H2,1-6H3. The van der Waals surface area contributed by atoms with Gasteiger partial charge in [0.25, 0.3) is 0 Å². The average molecular weight is 255 g/mol. The van der Waals surface area contributed by atoms with Crippen LogP contribution in [0.2, 0.25) is 0 Å². The van der Waals surface area contributed by atoms with Crippen molar-refractivity contribution in [2.75, 3.05) is 13.1 Å². The highest BCUT2D eigenvalue weighted by molar-refractivity contribution is 4.86. The quantitative estimate of drug-likeness (QED) is 0.531. The SMILES string of the molecule is CCCCC(CC)(CNCC(C)C)C(CC)CC. The minimum atomic E-state index is 0.536. The van der Waals surface area contributed by atoms with Crippen molar-refractivity contribution in [1.82, 2.24) is 5.32 Å². The van der Waals surface area contributed by atoms with Crippen molar-refractivity contribution in [3.63, 3.8) is 0 Å². The van der Waals surface area contributed by atoms with Crippen LogP contribution in [0.4, 0.5) is 0 Å². The number of hydrogen-bond acceptors (Lipinski definition) is 1. The fraction of sp³-hybridized carbons (Fsp3) is 1.00. The minimum Gasteiger partial charge on any atom is -0.316 e. The van der Waals surface area contributed by atoms with Gasteiger partial charge in [0, 0.05) is 6.54 Å². The van der Waals surface area contributed by atoms with Crippen LogP contribution in [0.25, 0.3) is 0 Å². The zero-order valence-corrected chi connectivity index (χ0v) is 13.8. The summed E-state index contributed by atoms with van der Waals surface area (Å²) < 4.78 is 0. The first-order valence-corrected chi connectivity index (χ1v) is 8.26. The third kappa shape index (κ3) is 5.73. The third-order valence-corrected chi connectivity index (χ3v) is 4.61. The van der Waals surface area contributed by atoms with Crippen molar-refractivity contribution in [2.45, 2.75) is 80.1 Å². The zero-order valence-electron chi connectivity index (χ0n) is 13.8. The molecule has 1 N–H and O–H groups in total. The van der Waals surface area contributed by atoms with Gasteiger partial charge < -0.3 is 5.32 Å². The predicted molar refractivity (Wildman–Crippen MR) is 84.0 cm³/mol. The van der Waals surface area contributed by atoms with E-state index >= 15 is 0 Å². The average Bonchev–Trinajstić information content (AvgIpc) is 2.36. The summed E-state index contributed by atoms with van der Waals surface area (Å²) in [7, 11) is 0. The number of hydrogen-bond donors (Lipinski definition) is 1. The summed E-state index contributed by atoms with van der Waals surface area (Å²) >= 11 is 0. The van der Waals surface area contributed by atoms with Crippen molar-refractivity contribution in [3.8, 4) is 0 Å². The smallest absolute Gasteiger partial charge is 0.00105 e. The molecule has 1 unspecified atom stereocenters. The van der Waals surface area contributed by atoms with Crippen molar-refractivity contribution in [1.29, 1.82) is 0 Å². The van der Waals surface area contributed by atoms with E-state index in [2.05, 4.69) is 46.9 Å². The molecule has 1 nitrogen and oxygen atoms in total. The molecule has 0 saturated heterocycles. The Balaban J connectivity index is 4.62.